The van der Waals surface area contributed by atoms with Crippen molar-refractivity contribution in [2.45, 2.75) is 52.2 Å². The number of benzene rings is 1. The zero-order valence-corrected chi connectivity index (χ0v) is 12.6. The highest BCUT2D eigenvalue weighted by Crippen LogP contribution is 2.26. The van der Waals surface area contributed by atoms with Gasteiger partial charge in [0.2, 0.25) is 0 Å². The maximum absolute atomic E-state index is 5.70. The maximum Gasteiger partial charge on any atom is 0.0785 e. The van der Waals surface area contributed by atoms with Crippen molar-refractivity contribution in [2.75, 3.05) is 7.11 Å². The molecule has 0 aliphatic heterocycles. The molecule has 2 unspecified atom stereocenters. The Labute approximate surface area is 117 Å². The van der Waals surface area contributed by atoms with Gasteiger partial charge in [-0.15, -0.1) is 0 Å². The molecular weight excluding hydrogens is 236 g/mol. The molecule has 1 rings (SSSR count). The molecule has 0 aliphatic rings. The van der Waals surface area contributed by atoms with Gasteiger partial charge in [-0.3, -0.25) is 11.3 Å². The predicted molar refractivity (Wildman–Crippen MR) is 80.7 cm³/mol. The van der Waals surface area contributed by atoms with E-state index in [1.54, 1.807) is 7.11 Å². The van der Waals surface area contributed by atoms with E-state index in [4.69, 9.17) is 10.6 Å². The number of methoxy groups -OCH3 is 1. The van der Waals surface area contributed by atoms with E-state index in [1.165, 1.54) is 5.56 Å². The third-order valence-corrected chi connectivity index (χ3v) is 3.51. The summed E-state index contributed by atoms with van der Waals surface area (Å²) in [7, 11) is 1.76. The SMILES string of the molecule is COC(C(CCCc1ccccc1)NN)C(C)(C)C. The summed E-state index contributed by atoms with van der Waals surface area (Å²) in [4.78, 5) is 0. The van der Waals surface area contributed by atoms with Crippen LogP contribution in [0.3, 0.4) is 0 Å². The smallest absolute Gasteiger partial charge is 0.0785 e. The second-order valence-corrected chi connectivity index (χ2v) is 6.17. The van der Waals surface area contributed by atoms with Crippen molar-refractivity contribution in [1.82, 2.24) is 5.43 Å². The molecule has 0 saturated heterocycles. The topological polar surface area (TPSA) is 47.3 Å². The van der Waals surface area contributed by atoms with Crippen LogP contribution in [0.5, 0.6) is 0 Å². The Hall–Kier alpha value is -0.900. The van der Waals surface area contributed by atoms with Crippen LogP contribution in [0.1, 0.15) is 39.2 Å². The van der Waals surface area contributed by atoms with E-state index in [9.17, 15) is 0 Å². The largest absolute Gasteiger partial charge is 0.379 e. The van der Waals surface area contributed by atoms with Crippen LogP contribution in [0.2, 0.25) is 0 Å². The van der Waals surface area contributed by atoms with E-state index in [0.717, 1.165) is 19.3 Å². The lowest BCUT2D eigenvalue weighted by molar-refractivity contribution is -0.0135. The fourth-order valence-electron chi connectivity index (χ4n) is 2.61. The van der Waals surface area contributed by atoms with Gasteiger partial charge in [-0.2, -0.15) is 0 Å². The number of ether oxygens (including phenoxy) is 1. The van der Waals surface area contributed by atoms with E-state index in [-0.39, 0.29) is 17.6 Å². The lowest BCUT2D eigenvalue weighted by Gasteiger charge is -2.35. The van der Waals surface area contributed by atoms with Crippen molar-refractivity contribution in [3.63, 3.8) is 0 Å². The average Bonchev–Trinajstić information content (AvgIpc) is 2.37. The Bertz CT molecular complexity index is 346. The van der Waals surface area contributed by atoms with E-state index >= 15 is 0 Å². The number of nitrogens with one attached hydrogen (secondary N) is 1. The van der Waals surface area contributed by atoms with Gasteiger partial charge >= 0.3 is 0 Å². The van der Waals surface area contributed by atoms with Crippen molar-refractivity contribution >= 4 is 0 Å². The lowest BCUT2D eigenvalue weighted by atomic mass is 9.83. The Morgan fingerprint density at radius 1 is 1.21 bits per heavy atom. The molecule has 108 valence electrons. The number of hydrazine groups is 1. The van der Waals surface area contributed by atoms with Crippen LogP contribution < -0.4 is 11.3 Å². The predicted octanol–water partition coefficient (Wildman–Crippen LogP) is 2.90. The van der Waals surface area contributed by atoms with Gasteiger partial charge in [-0.05, 0) is 30.2 Å². The van der Waals surface area contributed by atoms with Crippen LogP contribution in [0, 0.1) is 5.41 Å². The summed E-state index contributed by atoms with van der Waals surface area (Å²) < 4.78 is 5.63. The molecule has 2 atom stereocenters. The van der Waals surface area contributed by atoms with Crippen LogP contribution in [0.15, 0.2) is 30.3 Å². The van der Waals surface area contributed by atoms with Gasteiger partial charge in [0.05, 0.1) is 6.10 Å². The highest BCUT2D eigenvalue weighted by molar-refractivity contribution is 5.14. The molecule has 0 aromatic heterocycles. The summed E-state index contributed by atoms with van der Waals surface area (Å²) >= 11 is 0. The molecular formula is C16H28N2O. The van der Waals surface area contributed by atoms with Crippen molar-refractivity contribution < 1.29 is 4.74 Å². The van der Waals surface area contributed by atoms with Gasteiger partial charge in [0, 0.05) is 13.2 Å². The zero-order valence-electron chi connectivity index (χ0n) is 12.6. The Morgan fingerprint density at radius 2 is 1.84 bits per heavy atom. The molecule has 0 heterocycles. The molecule has 0 bridgehead atoms. The number of aryl methyl sites for hydroxylation is 1. The second kappa shape index (κ2) is 7.63. The monoisotopic (exact) mass is 264 g/mol. The Morgan fingerprint density at radius 3 is 2.32 bits per heavy atom. The van der Waals surface area contributed by atoms with E-state index in [0.29, 0.717) is 0 Å². The quantitative estimate of drug-likeness (QED) is 0.588. The number of hydrogen-bond donors (Lipinski definition) is 2. The van der Waals surface area contributed by atoms with Gasteiger partial charge < -0.3 is 4.74 Å². The van der Waals surface area contributed by atoms with Crippen LogP contribution in [0.4, 0.5) is 0 Å². The third kappa shape index (κ3) is 5.31. The molecule has 3 N–H and O–H groups in total. The fourth-order valence-corrected chi connectivity index (χ4v) is 2.61. The fraction of sp³-hybridized carbons (Fsp3) is 0.625. The van der Waals surface area contributed by atoms with E-state index in [2.05, 4.69) is 50.5 Å². The first-order valence-corrected chi connectivity index (χ1v) is 7.02. The van der Waals surface area contributed by atoms with Gasteiger partial charge in [0.25, 0.3) is 0 Å². The molecule has 0 aliphatic carbocycles. The summed E-state index contributed by atoms with van der Waals surface area (Å²) in [5, 5.41) is 0. The van der Waals surface area contributed by atoms with Gasteiger partial charge in [-0.1, -0.05) is 51.1 Å². The summed E-state index contributed by atoms with van der Waals surface area (Å²) in [6.45, 7) is 6.55. The molecule has 0 saturated carbocycles. The van der Waals surface area contributed by atoms with E-state index in [1.807, 2.05) is 6.07 Å². The molecule has 0 amide bonds. The normalized spacial score (nSPS) is 15.2. The van der Waals surface area contributed by atoms with Crippen molar-refractivity contribution in [1.29, 1.82) is 0 Å². The average molecular weight is 264 g/mol. The lowest BCUT2D eigenvalue weighted by Crippen LogP contribution is -2.50. The summed E-state index contributed by atoms with van der Waals surface area (Å²) in [5.41, 5.74) is 4.38. The van der Waals surface area contributed by atoms with Crippen LogP contribution in [-0.4, -0.2) is 19.3 Å². The molecule has 19 heavy (non-hydrogen) atoms. The molecule has 3 heteroatoms. The highest BCUT2D eigenvalue weighted by atomic mass is 16.5. The molecule has 3 nitrogen and oxygen atoms in total. The molecule has 0 spiro atoms. The Kier molecular flexibility index (Phi) is 6.49. The van der Waals surface area contributed by atoms with Crippen LogP contribution in [0.25, 0.3) is 0 Å². The van der Waals surface area contributed by atoms with Crippen LogP contribution in [-0.2, 0) is 11.2 Å². The van der Waals surface area contributed by atoms with Gasteiger partial charge in [-0.25, -0.2) is 0 Å². The van der Waals surface area contributed by atoms with Gasteiger partial charge in [0.15, 0.2) is 0 Å². The Balaban J connectivity index is 2.48. The van der Waals surface area contributed by atoms with E-state index < -0.39 is 0 Å². The first-order chi connectivity index (χ1) is 8.99. The van der Waals surface area contributed by atoms with Crippen LogP contribution >= 0.6 is 0 Å². The van der Waals surface area contributed by atoms with Crippen molar-refractivity contribution in [3.05, 3.63) is 35.9 Å². The van der Waals surface area contributed by atoms with Gasteiger partial charge in [0.1, 0.15) is 0 Å². The summed E-state index contributed by atoms with van der Waals surface area (Å²) in [6.07, 6.45) is 3.32. The zero-order chi connectivity index (χ0) is 14.3. The maximum atomic E-state index is 5.70. The molecule has 1 aromatic carbocycles. The minimum atomic E-state index is 0.0819. The minimum Gasteiger partial charge on any atom is -0.379 e. The summed E-state index contributed by atoms with van der Waals surface area (Å²) in [6, 6.07) is 10.7. The first kappa shape index (κ1) is 16.2. The number of nitrogens with two attached hydrogens (primary N) is 1. The first-order valence-electron chi connectivity index (χ1n) is 7.02. The highest BCUT2D eigenvalue weighted by Gasteiger charge is 2.31. The van der Waals surface area contributed by atoms with Crippen molar-refractivity contribution in [3.8, 4) is 0 Å². The standard InChI is InChI=1S/C16H28N2O/c1-16(2,3)15(19-4)14(18-17)12-8-11-13-9-6-5-7-10-13/h5-7,9-10,14-15,18H,8,11-12,17H2,1-4H3. The van der Waals surface area contributed by atoms with Crippen molar-refractivity contribution in [2.24, 2.45) is 11.3 Å². The minimum absolute atomic E-state index is 0.0819. The molecule has 0 fully saturated rings. The molecule has 0 radical (unpaired) electrons. The molecule has 1 aromatic rings. The summed E-state index contributed by atoms with van der Waals surface area (Å²) in [5.74, 6) is 5.70. The number of rotatable bonds is 7. The third-order valence-electron chi connectivity index (χ3n) is 3.51. The second-order valence-electron chi connectivity index (χ2n) is 6.17. The number of hydrogen-bond acceptors (Lipinski definition) is 3.